The SMILES string of the molecule is CCN(Cc1ccccc1)CC1CCCCN1C(=O)C(C)N. The van der Waals surface area contributed by atoms with Crippen LogP contribution in [0.4, 0.5) is 0 Å². The van der Waals surface area contributed by atoms with E-state index in [1.165, 1.54) is 12.0 Å². The number of rotatable bonds is 6. The van der Waals surface area contributed by atoms with Crippen molar-refractivity contribution in [2.45, 2.75) is 51.7 Å². The van der Waals surface area contributed by atoms with Gasteiger partial charge in [0.2, 0.25) is 5.91 Å². The van der Waals surface area contributed by atoms with Gasteiger partial charge in [-0.15, -0.1) is 0 Å². The highest BCUT2D eigenvalue weighted by Crippen LogP contribution is 2.19. The van der Waals surface area contributed by atoms with Crippen molar-refractivity contribution in [2.24, 2.45) is 5.73 Å². The second kappa shape index (κ2) is 8.30. The molecule has 1 heterocycles. The highest BCUT2D eigenvalue weighted by Gasteiger charge is 2.29. The van der Waals surface area contributed by atoms with Crippen LogP contribution in [0.25, 0.3) is 0 Å². The van der Waals surface area contributed by atoms with Crippen LogP contribution >= 0.6 is 0 Å². The Bertz CT molecular complexity index is 461. The molecule has 1 amide bonds. The average molecular weight is 303 g/mol. The van der Waals surface area contributed by atoms with Crippen LogP contribution in [0, 0.1) is 0 Å². The molecule has 4 heteroatoms. The number of carbonyl (C=O) groups is 1. The van der Waals surface area contributed by atoms with E-state index in [0.717, 1.165) is 39.0 Å². The average Bonchev–Trinajstić information content (AvgIpc) is 2.55. The number of nitrogens with two attached hydrogens (primary N) is 1. The van der Waals surface area contributed by atoms with Crippen LogP contribution in [0.15, 0.2) is 30.3 Å². The minimum absolute atomic E-state index is 0.0977. The summed E-state index contributed by atoms with van der Waals surface area (Å²) in [6, 6.07) is 10.4. The molecular formula is C18H29N3O. The molecule has 0 aromatic heterocycles. The normalized spacial score (nSPS) is 20.2. The number of amides is 1. The zero-order valence-electron chi connectivity index (χ0n) is 13.9. The molecule has 0 radical (unpaired) electrons. The first-order chi connectivity index (χ1) is 10.6. The molecule has 2 atom stereocenters. The molecule has 0 spiro atoms. The van der Waals surface area contributed by atoms with E-state index in [1.807, 2.05) is 11.0 Å². The van der Waals surface area contributed by atoms with Crippen LogP contribution in [0.1, 0.15) is 38.7 Å². The first-order valence-corrected chi connectivity index (χ1v) is 8.44. The monoisotopic (exact) mass is 303 g/mol. The fourth-order valence-electron chi connectivity index (χ4n) is 3.19. The largest absolute Gasteiger partial charge is 0.337 e. The number of benzene rings is 1. The summed E-state index contributed by atoms with van der Waals surface area (Å²) in [4.78, 5) is 16.8. The Labute approximate surface area is 134 Å². The lowest BCUT2D eigenvalue weighted by molar-refractivity contribution is -0.136. The molecule has 2 rings (SSSR count). The second-order valence-corrected chi connectivity index (χ2v) is 6.28. The quantitative estimate of drug-likeness (QED) is 0.877. The van der Waals surface area contributed by atoms with Crippen LogP contribution in [0.3, 0.4) is 0 Å². The van der Waals surface area contributed by atoms with Crippen molar-refractivity contribution in [2.75, 3.05) is 19.6 Å². The molecule has 2 unspecified atom stereocenters. The summed E-state index contributed by atoms with van der Waals surface area (Å²) in [5.41, 5.74) is 7.14. The predicted molar refractivity (Wildman–Crippen MR) is 90.4 cm³/mol. The summed E-state index contributed by atoms with van der Waals surface area (Å²) in [5, 5.41) is 0. The lowest BCUT2D eigenvalue weighted by Gasteiger charge is -2.39. The van der Waals surface area contributed by atoms with Gasteiger partial charge in [0.05, 0.1) is 6.04 Å². The van der Waals surface area contributed by atoms with Gasteiger partial charge in [0.1, 0.15) is 0 Å². The Morgan fingerprint density at radius 3 is 2.73 bits per heavy atom. The number of carbonyl (C=O) groups excluding carboxylic acids is 1. The topological polar surface area (TPSA) is 49.6 Å². The van der Waals surface area contributed by atoms with Crippen molar-refractivity contribution in [1.82, 2.24) is 9.80 Å². The summed E-state index contributed by atoms with van der Waals surface area (Å²) in [6.45, 7) is 7.69. The fraction of sp³-hybridized carbons (Fsp3) is 0.611. The molecule has 1 aromatic carbocycles. The maximum absolute atomic E-state index is 12.3. The van der Waals surface area contributed by atoms with E-state index in [9.17, 15) is 4.79 Å². The van der Waals surface area contributed by atoms with E-state index in [4.69, 9.17) is 5.73 Å². The van der Waals surface area contributed by atoms with Crippen LogP contribution in [-0.2, 0) is 11.3 Å². The summed E-state index contributed by atoms with van der Waals surface area (Å²) in [5.74, 6) is 0.0977. The van der Waals surface area contributed by atoms with E-state index < -0.39 is 6.04 Å². The highest BCUT2D eigenvalue weighted by atomic mass is 16.2. The molecule has 1 aliphatic heterocycles. The van der Waals surface area contributed by atoms with Gasteiger partial charge in [0.15, 0.2) is 0 Å². The zero-order valence-corrected chi connectivity index (χ0v) is 13.9. The van der Waals surface area contributed by atoms with Crippen molar-refractivity contribution in [1.29, 1.82) is 0 Å². The predicted octanol–water partition coefficient (Wildman–Crippen LogP) is 2.24. The Balaban J connectivity index is 1.99. The third-order valence-electron chi connectivity index (χ3n) is 4.46. The van der Waals surface area contributed by atoms with Crippen molar-refractivity contribution in [3.8, 4) is 0 Å². The molecule has 1 saturated heterocycles. The number of nitrogens with zero attached hydrogens (tertiary/aromatic N) is 2. The number of hydrogen-bond donors (Lipinski definition) is 1. The first-order valence-electron chi connectivity index (χ1n) is 8.44. The molecule has 122 valence electrons. The smallest absolute Gasteiger partial charge is 0.239 e. The van der Waals surface area contributed by atoms with E-state index >= 15 is 0 Å². The molecular weight excluding hydrogens is 274 g/mol. The van der Waals surface area contributed by atoms with E-state index in [1.54, 1.807) is 6.92 Å². The maximum atomic E-state index is 12.3. The van der Waals surface area contributed by atoms with Crippen molar-refractivity contribution < 1.29 is 4.79 Å². The Morgan fingerprint density at radius 1 is 1.36 bits per heavy atom. The molecule has 1 fully saturated rings. The lowest BCUT2D eigenvalue weighted by atomic mass is 10.00. The maximum Gasteiger partial charge on any atom is 0.239 e. The van der Waals surface area contributed by atoms with Gasteiger partial charge in [-0.2, -0.15) is 0 Å². The second-order valence-electron chi connectivity index (χ2n) is 6.28. The van der Waals surface area contributed by atoms with Crippen LogP contribution in [0.5, 0.6) is 0 Å². The first kappa shape index (κ1) is 17.0. The number of piperidine rings is 1. The molecule has 0 bridgehead atoms. The summed E-state index contributed by atoms with van der Waals surface area (Å²) in [7, 11) is 0. The van der Waals surface area contributed by atoms with E-state index in [-0.39, 0.29) is 5.91 Å². The van der Waals surface area contributed by atoms with Crippen LogP contribution < -0.4 is 5.73 Å². The van der Waals surface area contributed by atoms with Gasteiger partial charge >= 0.3 is 0 Å². The third kappa shape index (κ3) is 4.55. The summed E-state index contributed by atoms with van der Waals surface area (Å²) < 4.78 is 0. The van der Waals surface area contributed by atoms with E-state index in [0.29, 0.717) is 6.04 Å². The van der Waals surface area contributed by atoms with Gasteiger partial charge < -0.3 is 10.6 Å². The fourth-order valence-corrected chi connectivity index (χ4v) is 3.19. The van der Waals surface area contributed by atoms with Gasteiger partial charge in [-0.25, -0.2) is 0 Å². The zero-order chi connectivity index (χ0) is 15.9. The third-order valence-corrected chi connectivity index (χ3v) is 4.46. The van der Waals surface area contributed by atoms with Gasteiger partial charge in [-0.3, -0.25) is 9.69 Å². The molecule has 0 aliphatic carbocycles. The number of hydrogen-bond acceptors (Lipinski definition) is 3. The van der Waals surface area contributed by atoms with Gasteiger partial charge in [-0.05, 0) is 38.3 Å². The standard InChI is InChI=1S/C18H29N3O/c1-3-20(13-16-9-5-4-6-10-16)14-17-11-7-8-12-21(17)18(22)15(2)19/h4-6,9-10,15,17H,3,7-8,11-14,19H2,1-2H3. The minimum Gasteiger partial charge on any atom is -0.337 e. The van der Waals surface area contributed by atoms with E-state index in [2.05, 4.69) is 36.1 Å². The summed E-state index contributed by atoms with van der Waals surface area (Å²) >= 11 is 0. The van der Waals surface area contributed by atoms with Gasteiger partial charge in [-0.1, -0.05) is 37.3 Å². The Morgan fingerprint density at radius 2 is 2.09 bits per heavy atom. The molecule has 1 aromatic rings. The molecule has 2 N–H and O–H groups in total. The Kier molecular flexibility index (Phi) is 6.40. The van der Waals surface area contributed by atoms with Crippen molar-refractivity contribution in [3.63, 3.8) is 0 Å². The molecule has 1 aliphatic rings. The molecule has 0 saturated carbocycles. The van der Waals surface area contributed by atoms with Crippen LogP contribution in [0.2, 0.25) is 0 Å². The molecule has 4 nitrogen and oxygen atoms in total. The van der Waals surface area contributed by atoms with Crippen molar-refractivity contribution >= 4 is 5.91 Å². The summed E-state index contributed by atoms with van der Waals surface area (Å²) in [6.07, 6.45) is 3.39. The van der Waals surface area contributed by atoms with Gasteiger partial charge in [0, 0.05) is 25.7 Å². The van der Waals surface area contributed by atoms with Gasteiger partial charge in [0.25, 0.3) is 0 Å². The van der Waals surface area contributed by atoms with Crippen LogP contribution in [-0.4, -0.2) is 47.4 Å². The lowest BCUT2D eigenvalue weighted by Crippen LogP contribution is -2.53. The number of likely N-dealkylation sites (N-methyl/N-ethyl adjacent to an activating group) is 1. The van der Waals surface area contributed by atoms with Crippen molar-refractivity contribution in [3.05, 3.63) is 35.9 Å². The Hall–Kier alpha value is -1.39. The highest BCUT2D eigenvalue weighted by molar-refractivity contribution is 5.81. The number of likely N-dealkylation sites (tertiary alicyclic amines) is 1. The molecule has 22 heavy (non-hydrogen) atoms. The minimum atomic E-state index is -0.398.